The molecule has 0 bridgehead atoms. The summed E-state index contributed by atoms with van der Waals surface area (Å²) in [5, 5.41) is 0. The molecule has 0 aliphatic rings. The zero-order valence-electron chi connectivity index (χ0n) is 14.3. The minimum absolute atomic E-state index is 0.00177. The van der Waals surface area contributed by atoms with Crippen LogP contribution in [-0.4, -0.2) is 31.3 Å². The average Bonchev–Trinajstić information content (AvgIpc) is 2.51. The Balaban J connectivity index is 3.42. The van der Waals surface area contributed by atoms with Crippen LogP contribution in [0.1, 0.15) is 30.9 Å². The van der Waals surface area contributed by atoms with Crippen LogP contribution in [0.5, 0.6) is 0 Å². The molecule has 1 rings (SSSR count). The van der Waals surface area contributed by atoms with E-state index in [4.69, 9.17) is 9.47 Å². The van der Waals surface area contributed by atoms with Gasteiger partial charge in [-0.3, -0.25) is 9.59 Å². The summed E-state index contributed by atoms with van der Waals surface area (Å²) in [7, 11) is 0. The largest absolute Gasteiger partial charge is 0.465 e. The summed E-state index contributed by atoms with van der Waals surface area (Å²) in [5.74, 6) is -4.50. The number of ether oxygens (including phenoxy) is 2. The molecular weight excluding hydrogens is 337 g/mol. The Morgan fingerprint density at radius 3 is 2.04 bits per heavy atom. The molecule has 0 saturated carbocycles. The molecule has 0 aromatic heterocycles. The van der Waals surface area contributed by atoms with E-state index in [2.05, 4.69) is 0 Å². The molecule has 1 aromatic carbocycles. The monoisotopic (exact) mass is 358 g/mol. The number of allylic oxidation sites excluding steroid dienone is 2. The van der Waals surface area contributed by atoms with Crippen LogP contribution < -0.4 is 0 Å². The van der Waals surface area contributed by atoms with Crippen LogP contribution in [0.15, 0.2) is 36.4 Å². The Morgan fingerprint density at radius 1 is 1.08 bits per heavy atom. The van der Waals surface area contributed by atoms with Gasteiger partial charge in [0.25, 0.3) is 0 Å². The van der Waals surface area contributed by atoms with Crippen LogP contribution in [-0.2, 0) is 19.1 Å². The number of halogens is 3. The molecule has 0 fully saturated rings. The number of alkyl halides is 3. The molecule has 0 heterocycles. The number of rotatable bonds is 7. The van der Waals surface area contributed by atoms with Crippen molar-refractivity contribution in [3.63, 3.8) is 0 Å². The standard InChI is InChI=1S/C18H21F3O4/c1-4-24-16(22)15(17(23)25-5-2)14(10-11-18(19,20)21)13-9-7-6-8-12(13)3/h6-11,14-15H,4-5H2,1-3H3/b11-10+. The van der Waals surface area contributed by atoms with Gasteiger partial charge in [-0.15, -0.1) is 0 Å². The first-order valence-electron chi connectivity index (χ1n) is 7.86. The van der Waals surface area contributed by atoms with Crippen LogP contribution in [0.25, 0.3) is 0 Å². The number of hydrogen-bond donors (Lipinski definition) is 0. The lowest BCUT2D eigenvalue weighted by molar-refractivity contribution is -0.162. The number of aryl methyl sites for hydroxylation is 1. The van der Waals surface area contributed by atoms with Crippen molar-refractivity contribution in [2.75, 3.05) is 13.2 Å². The molecule has 0 spiro atoms. The maximum absolute atomic E-state index is 12.7. The number of carbonyl (C=O) groups is 2. The maximum Gasteiger partial charge on any atom is 0.409 e. The molecular formula is C18H21F3O4. The number of carbonyl (C=O) groups excluding carboxylic acids is 2. The third-order valence-electron chi connectivity index (χ3n) is 3.48. The van der Waals surface area contributed by atoms with Gasteiger partial charge in [0.2, 0.25) is 0 Å². The molecule has 1 unspecified atom stereocenters. The van der Waals surface area contributed by atoms with Gasteiger partial charge in [-0.25, -0.2) is 0 Å². The van der Waals surface area contributed by atoms with Crippen LogP contribution in [0, 0.1) is 12.8 Å². The summed E-state index contributed by atoms with van der Waals surface area (Å²) in [5.41, 5.74) is 1.08. The fraction of sp³-hybridized carbons (Fsp3) is 0.444. The lowest BCUT2D eigenvalue weighted by Crippen LogP contribution is -2.33. The second-order valence-electron chi connectivity index (χ2n) is 5.26. The summed E-state index contributed by atoms with van der Waals surface area (Å²) < 4.78 is 47.8. The number of hydrogen-bond acceptors (Lipinski definition) is 4. The van der Waals surface area contributed by atoms with Crippen molar-refractivity contribution in [1.29, 1.82) is 0 Å². The van der Waals surface area contributed by atoms with E-state index in [9.17, 15) is 22.8 Å². The molecule has 0 radical (unpaired) electrons. The highest BCUT2D eigenvalue weighted by Crippen LogP contribution is 2.32. The second kappa shape index (κ2) is 9.25. The van der Waals surface area contributed by atoms with E-state index in [1.165, 1.54) is 0 Å². The predicted molar refractivity (Wildman–Crippen MR) is 85.9 cm³/mol. The summed E-state index contributed by atoms with van der Waals surface area (Å²) in [6.07, 6.45) is -3.74. The molecule has 1 atom stereocenters. The zero-order chi connectivity index (χ0) is 19.0. The van der Waals surface area contributed by atoms with E-state index in [0.29, 0.717) is 11.1 Å². The van der Waals surface area contributed by atoms with Crippen molar-refractivity contribution >= 4 is 11.9 Å². The molecule has 25 heavy (non-hydrogen) atoms. The van der Waals surface area contributed by atoms with Gasteiger partial charge in [0.1, 0.15) is 0 Å². The molecule has 7 heteroatoms. The van der Waals surface area contributed by atoms with Crippen LogP contribution >= 0.6 is 0 Å². The molecule has 0 aliphatic carbocycles. The van der Waals surface area contributed by atoms with Crippen molar-refractivity contribution < 1.29 is 32.2 Å². The van der Waals surface area contributed by atoms with Crippen LogP contribution in [0.3, 0.4) is 0 Å². The summed E-state index contributed by atoms with van der Waals surface area (Å²) in [6.45, 7) is 4.79. The first-order chi connectivity index (χ1) is 11.7. The number of esters is 2. The van der Waals surface area contributed by atoms with Gasteiger partial charge in [0, 0.05) is 12.0 Å². The maximum atomic E-state index is 12.7. The first-order valence-corrected chi connectivity index (χ1v) is 7.86. The highest BCUT2D eigenvalue weighted by Gasteiger charge is 2.38. The van der Waals surface area contributed by atoms with E-state index in [1.807, 2.05) is 0 Å². The van der Waals surface area contributed by atoms with Crippen molar-refractivity contribution in [2.24, 2.45) is 5.92 Å². The van der Waals surface area contributed by atoms with E-state index in [-0.39, 0.29) is 19.3 Å². The van der Waals surface area contributed by atoms with Crippen LogP contribution in [0.2, 0.25) is 0 Å². The normalized spacial score (nSPS) is 13.1. The summed E-state index contributed by atoms with van der Waals surface area (Å²) in [6, 6.07) is 6.61. The molecule has 0 aliphatic heterocycles. The van der Waals surface area contributed by atoms with Gasteiger partial charge in [-0.05, 0) is 31.9 Å². The lowest BCUT2D eigenvalue weighted by atomic mass is 9.83. The van der Waals surface area contributed by atoms with Crippen molar-refractivity contribution in [3.05, 3.63) is 47.5 Å². The second-order valence-corrected chi connectivity index (χ2v) is 5.26. The Morgan fingerprint density at radius 2 is 1.60 bits per heavy atom. The van der Waals surface area contributed by atoms with Gasteiger partial charge < -0.3 is 9.47 Å². The van der Waals surface area contributed by atoms with E-state index in [0.717, 1.165) is 6.08 Å². The SMILES string of the molecule is CCOC(=O)C(C(=O)OCC)C(/C=C/C(F)(F)F)c1ccccc1C. The first kappa shape index (κ1) is 20.7. The van der Waals surface area contributed by atoms with Crippen molar-refractivity contribution in [1.82, 2.24) is 0 Å². The number of benzene rings is 1. The van der Waals surface area contributed by atoms with Gasteiger partial charge in [-0.2, -0.15) is 13.2 Å². The minimum atomic E-state index is -4.57. The Bertz CT molecular complexity index is 605. The van der Waals surface area contributed by atoms with Gasteiger partial charge in [0.05, 0.1) is 13.2 Å². The predicted octanol–water partition coefficient (Wildman–Crippen LogP) is 3.94. The zero-order valence-corrected chi connectivity index (χ0v) is 14.3. The lowest BCUT2D eigenvalue weighted by Gasteiger charge is -2.23. The summed E-state index contributed by atoms with van der Waals surface area (Å²) >= 11 is 0. The van der Waals surface area contributed by atoms with E-state index >= 15 is 0 Å². The van der Waals surface area contributed by atoms with E-state index < -0.39 is 30.0 Å². The molecule has 1 aromatic rings. The third-order valence-corrected chi connectivity index (χ3v) is 3.48. The van der Waals surface area contributed by atoms with Gasteiger partial charge in [-0.1, -0.05) is 30.3 Å². The smallest absolute Gasteiger partial charge is 0.409 e. The van der Waals surface area contributed by atoms with Crippen molar-refractivity contribution in [2.45, 2.75) is 32.9 Å². The minimum Gasteiger partial charge on any atom is -0.465 e. The quantitative estimate of drug-likeness (QED) is 0.421. The average molecular weight is 358 g/mol. The fourth-order valence-corrected chi connectivity index (χ4v) is 2.42. The van der Waals surface area contributed by atoms with Gasteiger partial charge >= 0.3 is 18.1 Å². The highest BCUT2D eigenvalue weighted by atomic mass is 19.4. The fourth-order valence-electron chi connectivity index (χ4n) is 2.42. The molecule has 0 amide bonds. The topological polar surface area (TPSA) is 52.6 Å². The third kappa shape index (κ3) is 6.25. The molecule has 138 valence electrons. The molecule has 4 nitrogen and oxygen atoms in total. The Labute approximate surface area is 144 Å². The van der Waals surface area contributed by atoms with Crippen molar-refractivity contribution in [3.8, 4) is 0 Å². The Hall–Kier alpha value is -2.31. The Kier molecular flexibility index (Phi) is 7.67. The molecule has 0 saturated heterocycles. The van der Waals surface area contributed by atoms with Gasteiger partial charge in [0.15, 0.2) is 5.92 Å². The van der Waals surface area contributed by atoms with E-state index in [1.54, 1.807) is 45.0 Å². The summed E-state index contributed by atoms with van der Waals surface area (Å²) in [4.78, 5) is 24.5. The van der Waals surface area contributed by atoms with Crippen LogP contribution in [0.4, 0.5) is 13.2 Å². The highest BCUT2D eigenvalue weighted by molar-refractivity contribution is 5.96. The molecule has 0 N–H and O–H groups in total.